The molecule has 0 bridgehead atoms. The summed E-state index contributed by atoms with van der Waals surface area (Å²) in [5, 5.41) is 20.6. The summed E-state index contributed by atoms with van der Waals surface area (Å²) in [6.45, 7) is 2.60. The Labute approximate surface area is 138 Å². The van der Waals surface area contributed by atoms with Gasteiger partial charge in [-0.1, -0.05) is 30.3 Å². The lowest BCUT2D eigenvalue weighted by atomic mass is 10.2. The molecule has 0 amide bonds. The third-order valence-electron chi connectivity index (χ3n) is 3.51. The molecule has 0 fully saturated rings. The molecule has 0 aliphatic rings. The number of aliphatic hydroxyl groups is 1. The van der Waals surface area contributed by atoms with Gasteiger partial charge in [0.05, 0.1) is 17.8 Å². The van der Waals surface area contributed by atoms with E-state index in [1.807, 2.05) is 35.0 Å². The Morgan fingerprint density at radius 2 is 2.00 bits per heavy atom. The van der Waals surface area contributed by atoms with Crippen LogP contribution in [0.25, 0.3) is 11.3 Å². The molecule has 3 rings (SSSR count). The van der Waals surface area contributed by atoms with Gasteiger partial charge in [-0.2, -0.15) is 11.3 Å². The van der Waals surface area contributed by atoms with Gasteiger partial charge in [-0.15, -0.1) is 11.3 Å². The molecule has 114 valence electrons. The van der Waals surface area contributed by atoms with Crippen LogP contribution in [-0.4, -0.2) is 16.6 Å². The van der Waals surface area contributed by atoms with E-state index in [0.717, 1.165) is 21.8 Å². The van der Waals surface area contributed by atoms with E-state index >= 15 is 0 Å². The maximum Gasteiger partial charge on any atom is 0.110 e. The highest BCUT2D eigenvalue weighted by molar-refractivity contribution is 7.10. The summed E-state index contributed by atoms with van der Waals surface area (Å²) in [6.07, 6.45) is -0.470. The summed E-state index contributed by atoms with van der Waals surface area (Å²) in [6, 6.07) is 12.3. The molecule has 0 saturated carbocycles. The minimum absolute atomic E-state index is 0.121. The van der Waals surface area contributed by atoms with Gasteiger partial charge in [0, 0.05) is 17.5 Å². The first-order chi connectivity index (χ1) is 10.7. The molecule has 2 unspecified atom stereocenters. The molecule has 2 atom stereocenters. The van der Waals surface area contributed by atoms with Crippen molar-refractivity contribution in [3.05, 3.63) is 63.1 Å². The first-order valence-electron chi connectivity index (χ1n) is 7.18. The van der Waals surface area contributed by atoms with Crippen molar-refractivity contribution in [2.75, 3.05) is 6.54 Å². The van der Waals surface area contributed by atoms with Gasteiger partial charge in [0.25, 0.3) is 0 Å². The van der Waals surface area contributed by atoms with E-state index in [1.54, 1.807) is 22.7 Å². The molecule has 22 heavy (non-hydrogen) atoms. The summed E-state index contributed by atoms with van der Waals surface area (Å²) >= 11 is 3.25. The van der Waals surface area contributed by atoms with E-state index < -0.39 is 6.10 Å². The van der Waals surface area contributed by atoms with Crippen molar-refractivity contribution in [2.45, 2.75) is 19.1 Å². The smallest absolute Gasteiger partial charge is 0.110 e. The molecule has 2 N–H and O–H groups in total. The van der Waals surface area contributed by atoms with Crippen LogP contribution in [-0.2, 0) is 0 Å². The minimum atomic E-state index is -0.470. The Kier molecular flexibility index (Phi) is 5.00. The van der Waals surface area contributed by atoms with Gasteiger partial charge >= 0.3 is 0 Å². The fourth-order valence-electron chi connectivity index (χ4n) is 2.19. The summed E-state index contributed by atoms with van der Waals surface area (Å²) in [5.41, 5.74) is 3.11. The molecule has 0 aliphatic heterocycles. The molecular weight excluding hydrogens is 312 g/mol. The quantitative estimate of drug-likeness (QED) is 0.710. The van der Waals surface area contributed by atoms with Gasteiger partial charge in [0.2, 0.25) is 0 Å². The second-order valence-electron chi connectivity index (χ2n) is 5.14. The lowest BCUT2D eigenvalue weighted by molar-refractivity contribution is 0.171. The van der Waals surface area contributed by atoms with Crippen LogP contribution in [0.2, 0.25) is 0 Å². The fourth-order valence-corrected chi connectivity index (χ4v) is 3.75. The van der Waals surface area contributed by atoms with Gasteiger partial charge in [0.15, 0.2) is 0 Å². The van der Waals surface area contributed by atoms with E-state index in [0.29, 0.717) is 6.54 Å². The monoisotopic (exact) mass is 330 g/mol. The summed E-state index contributed by atoms with van der Waals surface area (Å²) in [4.78, 5) is 4.70. The number of benzene rings is 1. The second kappa shape index (κ2) is 7.15. The molecule has 3 nitrogen and oxygen atoms in total. The molecule has 2 aromatic heterocycles. The average Bonchev–Trinajstić information content (AvgIpc) is 3.24. The zero-order valence-corrected chi connectivity index (χ0v) is 13.9. The van der Waals surface area contributed by atoms with Crippen molar-refractivity contribution in [3.63, 3.8) is 0 Å². The molecule has 0 saturated heterocycles. The Morgan fingerprint density at radius 1 is 1.18 bits per heavy atom. The number of nitrogens with one attached hydrogen (secondary N) is 1. The maximum atomic E-state index is 10.1. The number of hydrogen-bond acceptors (Lipinski definition) is 5. The van der Waals surface area contributed by atoms with E-state index in [4.69, 9.17) is 4.98 Å². The van der Waals surface area contributed by atoms with Crippen LogP contribution in [0.4, 0.5) is 0 Å². The highest BCUT2D eigenvalue weighted by atomic mass is 32.1. The number of aliphatic hydroxyl groups excluding tert-OH is 1. The van der Waals surface area contributed by atoms with Crippen molar-refractivity contribution in [2.24, 2.45) is 0 Å². The average molecular weight is 330 g/mol. The first kappa shape index (κ1) is 15.4. The van der Waals surface area contributed by atoms with Crippen LogP contribution in [0.1, 0.15) is 29.6 Å². The number of rotatable bonds is 6. The van der Waals surface area contributed by atoms with Crippen LogP contribution in [0.15, 0.2) is 52.5 Å². The number of hydrogen-bond donors (Lipinski definition) is 2. The van der Waals surface area contributed by atoms with Gasteiger partial charge in [0.1, 0.15) is 5.01 Å². The molecule has 5 heteroatoms. The van der Waals surface area contributed by atoms with Crippen LogP contribution in [0.3, 0.4) is 0 Å². The topological polar surface area (TPSA) is 45.1 Å². The largest absolute Gasteiger partial charge is 0.387 e. The molecule has 0 spiro atoms. The SMILES string of the molecule is CC(NCC(O)c1ccsc1)c1nc(-c2ccccc2)cs1. The molecule has 2 heterocycles. The van der Waals surface area contributed by atoms with Crippen LogP contribution in [0.5, 0.6) is 0 Å². The van der Waals surface area contributed by atoms with Crippen LogP contribution in [0, 0.1) is 0 Å². The highest BCUT2D eigenvalue weighted by Crippen LogP contribution is 2.25. The van der Waals surface area contributed by atoms with Gasteiger partial charge in [-0.05, 0) is 29.3 Å². The second-order valence-corrected chi connectivity index (χ2v) is 6.81. The molecule has 0 aliphatic carbocycles. The summed E-state index contributed by atoms with van der Waals surface area (Å²) in [7, 11) is 0. The predicted molar refractivity (Wildman–Crippen MR) is 93.2 cm³/mol. The Balaban J connectivity index is 1.61. The zero-order chi connectivity index (χ0) is 15.4. The van der Waals surface area contributed by atoms with E-state index in [9.17, 15) is 5.11 Å². The van der Waals surface area contributed by atoms with Gasteiger partial charge < -0.3 is 10.4 Å². The molecule has 3 aromatic rings. The van der Waals surface area contributed by atoms with Crippen molar-refractivity contribution < 1.29 is 5.11 Å². The highest BCUT2D eigenvalue weighted by Gasteiger charge is 2.14. The van der Waals surface area contributed by atoms with E-state index in [-0.39, 0.29) is 6.04 Å². The number of aromatic nitrogens is 1. The lowest BCUT2D eigenvalue weighted by Crippen LogP contribution is -2.24. The Morgan fingerprint density at radius 3 is 2.73 bits per heavy atom. The first-order valence-corrected chi connectivity index (χ1v) is 9.00. The molecular formula is C17H18N2OS2. The number of nitrogens with zero attached hydrogens (tertiary/aromatic N) is 1. The van der Waals surface area contributed by atoms with Gasteiger partial charge in [-0.25, -0.2) is 4.98 Å². The maximum absolute atomic E-state index is 10.1. The standard InChI is InChI=1S/C17H18N2OS2/c1-12(18-9-16(20)14-7-8-21-10-14)17-19-15(11-22-17)13-5-3-2-4-6-13/h2-8,10-12,16,18,20H,9H2,1H3. The van der Waals surface area contributed by atoms with E-state index in [2.05, 4.69) is 29.8 Å². The predicted octanol–water partition coefficient (Wildman–Crippen LogP) is 4.26. The Bertz CT molecular complexity index is 695. The Hall–Kier alpha value is -1.53. The van der Waals surface area contributed by atoms with Crippen molar-refractivity contribution in [1.82, 2.24) is 10.3 Å². The minimum Gasteiger partial charge on any atom is -0.387 e. The number of thiazole rings is 1. The summed E-state index contributed by atoms with van der Waals surface area (Å²) in [5.74, 6) is 0. The third kappa shape index (κ3) is 3.62. The third-order valence-corrected chi connectivity index (χ3v) is 5.24. The molecule has 1 aromatic carbocycles. The fraction of sp³-hybridized carbons (Fsp3) is 0.235. The number of thiophene rings is 1. The van der Waals surface area contributed by atoms with E-state index in [1.165, 1.54) is 0 Å². The van der Waals surface area contributed by atoms with Gasteiger partial charge in [-0.3, -0.25) is 0 Å². The zero-order valence-electron chi connectivity index (χ0n) is 12.3. The molecule has 0 radical (unpaired) electrons. The van der Waals surface area contributed by atoms with Crippen molar-refractivity contribution >= 4 is 22.7 Å². The normalized spacial score (nSPS) is 13.9. The van der Waals surface area contributed by atoms with Crippen molar-refractivity contribution in [3.8, 4) is 11.3 Å². The summed E-state index contributed by atoms with van der Waals surface area (Å²) < 4.78 is 0. The van der Waals surface area contributed by atoms with Crippen LogP contribution >= 0.6 is 22.7 Å². The lowest BCUT2D eigenvalue weighted by Gasteiger charge is -2.14. The van der Waals surface area contributed by atoms with Crippen molar-refractivity contribution in [1.29, 1.82) is 0 Å². The van der Waals surface area contributed by atoms with Crippen LogP contribution < -0.4 is 5.32 Å².